The molecule has 33 heavy (non-hydrogen) atoms. The molecule has 172 valence electrons. The minimum absolute atomic E-state index is 0.121. The third kappa shape index (κ3) is 5.08. The molecule has 1 aliphatic rings. The molecule has 1 amide bonds. The van der Waals surface area contributed by atoms with Crippen molar-refractivity contribution >= 4 is 40.7 Å². The minimum Gasteiger partial charge on any atom is -0.442 e. The van der Waals surface area contributed by atoms with Crippen molar-refractivity contribution in [2.45, 2.75) is 33.3 Å². The summed E-state index contributed by atoms with van der Waals surface area (Å²) in [6, 6.07) is 15.8. The fourth-order valence-electron chi connectivity index (χ4n) is 4.01. The Morgan fingerprint density at radius 1 is 0.939 bits per heavy atom. The molecule has 0 saturated carbocycles. The number of ether oxygens (including phenoxy) is 1. The van der Waals surface area contributed by atoms with E-state index in [0.717, 1.165) is 42.8 Å². The average Bonchev–Trinajstić information content (AvgIpc) is 3.16. The Bertz CT molecular complexity index is 1200. The van der Waals surface area contributed by atoms with Crippen LogP contribution in [0.15, 0.2) is 48.5 Å². The van der Waals surface area contributed by atoms with Gasteiger partial charge in [0.05, 0.1) is 11.2 Å². The molecule has 7 nitrogen and oxygen atoms in total. The monoisotopic (exact) mass is 446 g/mol. The molecule has 1 fully saturated rings. The van der Waals surface area contributed by atoms with E-state index >= 15 is 0 Å². The van der Waals surface area contributed by atoms with Crippen LogP contribution >= 0.6 is 0 Å². The SMILES string of the molecule is CC(=O)N1CCN(c2ccccc2/C=C/c2nn(C(=O)OC(C)(C)C)c3ccccc23)CC1. The Morgan fingerprint density at radius 2 is 1.61 bits per heavy atom. The highest BCUT2D eigenvalue weighted by Crippen LogP contribution is 2.26. The van der Waals surface area contributed by atoms with Gasteiger partial charge >= 0.3 is 6.09 Å². The highest BCUT2D eigenvalue weighted by molar-refractivity contribution is 5.95. The third-order valence-electron chi connectivity index (χ3n) is 5.61. The number of anilines is 1. The van der Waals surface area contributed by atoms with Gasteiger partial charge in [-0.2, -0.15) is 9.78 Å². The second-order valence-electron chi connectivity index (χ2n) is 9.18. The molecule has 1 saturated heterocycles. The van der Waals surface area contributed by atoms with Crippen LogP contribution in [0.3, 0.4) is 0 Å². The van der Waals surface area contributed by atoms with E-state index in [9.17, 15) is 9.59 Å². The number of hydrogen-bond acceptors (Lipinski definition) is 5. The summed E-state index contributed by atoms with van der Waals surface area (Å²) in [5.74, 6) is 0.121. The second kappa shape index (κ2) is 9.10. The lowest BCUT2D eigenvalue weighted by molar-refractivity contribution is -0.129. The van der Waals surface area contributed by atoms with Gasteiger partial charge in [0.25, 0.3) is 0 Å². The van der Waals surface area contributed by atoms with Crippen LogP contribution < -0.4 is 4.90 Å². The Hall–Kier alpha value is -3.61. The van der Waals surface area contributed by atoms with Gasteiger partial charge in [-0.1, -0.05) is 42.5 Å². The van der Waals surface area contributed by atoms with E-state index in [1.165, 1.54) is 4.68 Å². The van der Waals surface area contributed by atoms with E-state index in [1.54, 1.807) is 6.92 Å². The van der Waals surface area contributed by atoms with Gasteiger partial charge in [-0.3, -0.25) is 4.79 Å². The minimum atomic E-state index is -0.606. The Kier molecular flexibility index (Phi) is 6.22. The molecule has 0 atom stereocenters. The van der Waals surface area contributed by atoms with E-state index in [0.29, 0.717) is 11.2 Å². The fraction of sp³-hybridized carbons (Fsp3) is 0.346. The summed E-state index contributed by atoms with van der Waals surface area (Å²) in [6.07, 6.45) is 3.47. The molecule has 0 spiro atoms. The van der Waals surface area contributed by atoms with Gasteiger partial charge in [0.1, 0.15) is 5.60 Å². The average molecular weight is 447 g/mol. The summed E-state index contributed by atoms with van der Waals surface area (Å²) < 4.78 is 6.86. The largest absolute Gasteiger partial charge is 0.442 e. The molecule has 7 heteroatoms. The number of carbonyl (C=O) groups is 2. The van der Waals surface area contributed by atoms with E-state index < -0.39 is 11.7 Å². The first kappa shape index (κ1) is 22.6. The van der Waals surface area contributed by atoms with Crippen molar-refractivity contribution in [2.75, 3.05) is 31.1 Å². The Morgan fingerprint density at radius 3 is 2.30 bits per heavy atom. The standard InChI is InChI=1S/C26H30N4O3/c1-19(31)28-15-17-29(18-16-28)23-11-7-5-9-20(23)13-14-22-21-10-6-8-12-24(21)30(27-22)25(32)33-26(2,3)4/h5-14H,15-18H2,1-4H3/b14-13+. The maximum atomic E-state index is 12.7. The summed E-state index contributed by atoms with van der Waals surface area (Å²) in [6.45, 7) is 10.2. The Balaban J connectivity index is 1.62. The van der Waals surface area contributed by atoms with Crippen LogP contribution in [0.4, 0.5) is 10.5 Å². The van der Waals surface area contributed by atoms with Gasteiger partial charge in [0, 0.05) is 44.2 Å². The maximum Gasteiger partial charge on any atom is 0.435 e. The highest BCUT2D eigenvalue weighted by atomic mass is 16.6. The quantitative estimate of drug-likeness (QED) is 0.585. The fourth-order valence-corrected chi connectivity index (χ4v) is 4.01. The summed E-state index contributed by atoms with van der Waals surface area (Å²) in [7, 11) is 0. The van der Waals surface area contributed by atoms with Crippen LogP contribution in [-0.4, -0.2) is 58.5 Å². The zero-order valence-corrected chi connectivity index (χ0v) is 19.6. The van der Waals surface area contributed by atoms with Crippen molar-refractivity contribution in [2.24, 2.45) is 0 Å². The van der Waals surface area contributed by atoms with Crippen molar-refractivity contribution in [3.63, 3.8) is 0 Å². The van der Waals surface area contributed by atoms with Crippen LogP contribution in [0.5, 0.6) is 0 Å². The van der Waals surface area contributed by atoms with Gasteiger partial charge in [0.15, 0.2) is 0 Å². The predicted molar refractivity (Wildman–Crippen MR) is 131 cm³/mol. The van der Waals surface area contributed by atoms with Crippen LogP contribution in [-0.2, 0) is 9.53 Å². The molecule has 1 aromatic heterocycles. The zero-order chi connectivity index (χ0) is 23.6. The first-order valence-corrected chi connectivity index (χ1v) is 11.2. The molecule has 0 aliphatic carbocycles. The van der Waals surface area contributed by atoms with E-state index in [4.69, 9.17) is 4.74 Å². The van der Waals surface area contributed by atoms with Gasteiger partial charge < -0.3 is 14.5 Å². The third-order valence-corrected chi connectivity index (χ3v) is 5.61. The van der Waals surface area contributed by atoms with Gasteiger partial charge in [0.2, 0.25) is 5.91 Å². The van der Waals surface area contributed by atoms with Crippen molar-refractivity contribution in [3.05, 3.63) is 59.8 Å². The molecule has 4 rings (SSSR count). The number of benzene rings is 2. The molecule has 2 aromatic carbocycles. The predicted octanol–water partition coefficient (Wildman–Crippen LogP) is 4.66. The molecule has 3 aromatic rings. The van der Waals surface area contributed by atoms with Gasteiger partial charge in [-0.05, 0) is 44.5 Å². The van der Waals surface area contributed by atoms with Crippen LogP contribution in [0.2, 0.25) is 0 Å². The maximum absolute atomic E-state index is 12.7. The summed E-state index contributed by atoms with van der Waals surface area (Å²) >= 11 is 0. The van der Waals surface area contributed by atoms with E-state index in [-0.39, 0.29) is 5.91 Å². The molecule has 0 N–H and O–H groups in total. The smallest absolute Gasteiger partial charge is 0.435 e. The van der Waals surface area contributed by atoms with Gasteiger partial charge in [-0.25, -0.2) is 4.79 Å². The summed E-state index contributed by atoms with van der Waals surface area (Å²) in [5, 5.41) is 5.44. The second-order valence-corrected chi connectivity index (χ2v) is 9.18. The number of aromatic nitrogens is 2. The molecule has 0 bridgehead atoms. The van der Waals surface area contributed by atoms with Crippen molar-refractivity contribution in [3.8, 4) is 0 Å². The van der Waals surface area contributed by atoms with Crippen LogP contribution in [0, 0.1) is 0 Å². The number of nitrogens with zero attached hydrogens (tertiary/aromatic N) is 4. The molecule has 0 unspecified atom stereocenters. The number of para-hydroxylation sites is 2. The topological polar surface area (TPSA) is 67.7 Å². The van der Waals surface area contributed by atoms with Crippen molar-refractivity contribution in [1.29, 1.82) is 0 Å². The lowest BCUT2D eigenvalue weighted by atomic mass is 10.1. The van der Waals surface area contributed by atoms with Crippen molar-refractivity contribution in [1.82, 2.24) is 14.7 Å². The highest BCUT2D eigenvalue weighted by Gasteiger charge is 2.22. The van der Waals surface area contributed by atoms with E-state index in [1.807, 2.05) is 74.2 Å². The summed E-state index contributed by atoms with van der Waals surface area (Å²) in [4.78, 5) is 28.6. The number of piperazine rings is 1. The first-order valence-electron chi connectivity index (χ1n) is 11.2. The molecule has 2 heterocycles. The zero-order valence-electron chi connectivity index (χ0n) is 19.6. The molecule has 1 aliphatic heterocycles. The molecular formula is C26H30N4O3. The first-order chi connectivity index (χ1) is 15.7. The molecular weight excluding hydrogens is 416 g/mol. The number of fused-ring (bicyclic) bond motifs is 1. The van der Waals surface area contributed by atoms with E-state index in [2.05, 4.69) is 22.1 Å². The lowest BCUT2D eigenvalue weighted by Crippen LogP contribution is -2.48. The molecule has 0 radical (unpaired) electrons. The van der Waals surface area contributed by atoms with Gasteiger partial charge in [-0.15, -0.1) is 0 Å². The number of amides is 1. The van der Waals surface area contributed by atoms with Crippen LogP contribution in [0.1, 0.15) is 39.0 Å². The lowest BCUT2D eigenvalue weighted by Gasteiger charge is -2.36. The summed E-state index contributed by atoms with van der Waals surface area (Å²) in [5.41, 5.74) is 2.98. The van der Waals surface area contributed by atoms with Crippen LogP contribution in [0.25, 0.3) is 23.1 Å². The normalized spacial score (nSPS) is 14.8. The Labute approximate surface area is 194 Å². The van der Waals surface area contributed by atoms with Crippen molar-refractivity contribution < 1.29 is 14.3 Å². The number of hydrogen-bond donors (Lipinski definition) is 0. The number of rotatable bonds is 3. The number of carbonyl (C=O) groups excluding carboxylic acids is 2.